The average molecular weight is 276 g/mol. The van der Waals surface area contributed by atoms with Gasteiger partial charge in [0.25, 0.3) is 5.91 Å². The zero-order valence-corrected chi connectivity index (χ0v) is 11.3. The summed E-state index contributed by atoms with van der Waals surface area (Å²) >= 11 is 1.28. The van der Waals surface area contributed by atoms with Gasteiger partial charge in [-0.1, -0.05) is 6.07 Å². The zero-order valence-electron chi connectivity index (χ0n) is 10.5. The molecule has 0 atom stereocenters. The van der Waals surface area contributed by atoms with Crippen LogP contribution in [-0.2, 0) is 0 Å². The first kappa shape index (κ1) is 13.5. The number of nitrogens with zero attached hydrogens (tertiary/aromatic N) is 2. The molecule has 1 aromatic heterocycles. The van der Waals surface area contributed by atoms with Gasteiger partial charge in [0.2, 0.25) is 0 Å². The minimum atomic E-state index is -0.301. The Balaban J connectivity index is 2.27. The molecule has 1 heterocycles. The lowest BCUT2D eigenvalue weighted by Gasteiger charge is -2.18. The molecule has 0 fully saturated rings. The molecule has 0 aliphatic carbocycles. The Morgan fingerprint density at radius 3 is 2.95 bits per heavy atom. The van der Waals surface area contributed by atoms with E-state index >= 15 is 0 Å². The Labute approximate surface area is 114 Å². The van der Waals surface area contributed by atoms with Crippen LogP contribution in [0.2, 0.25) is 0 Å². The van der Waals surface area contributed by atoms with Crippen LogP contribution in [-0.4, -0.2) is 23.9 Å². The number of carbonyl (C=O) groups excluding carboxylic acids is 1. The summed E-state index contributed by atoms with van der Waals surface area (Å²) in [7, 11) is 0. The molecule has 0 aliphatic heterocycles. The van der Waals surface area contributed by atoms with Gasteiger partial charge in [-0.2, -0.15) is 5.26 Å². The standard InChI is InChI=1S/C14H13FN2OS/c1-2-17(7-3-6-16)14(18)13-8-10-4-5-11(15)9-12(10)19-13/h4-5,8-9H,2-3,7H2,1H3. The number of fused-ring (bicyclic) bond motifs is 1. The van der Waals surface area contributed by atoms with E-state index in [-0.39, 0.29) is 11.7 Å². The van der Waals surface area contributed by atoms with E-state index in [1.807, 2.05) is 13.0 Å². The highest BCUT2D eigenvalue weighted by atomic mass is 32.1. The van der Waals surface area contributed by atoms with Crippen LogP contribution in [0, 0.1) is 17.1 Å². The lowest BCUT2D eigenvalue weighted by atomic mass is 10.2. The SMILES string of the molecule is CCN(CCC#N)C(=O)c1cc2ccc(F)cc2s1. The van der Waals surface area contributed by atoms with Gasteiger partial charge in [0, 0.05) is 17.8 Å². The van der Waals surface area contributed by atoms with Crippen molar-refractivity contribution < 1.29 is 9.18 Å². The lowest BCUT2D eigenvalue weighted by molar-refractivity contribution is 0.0772. The largest absolute Gasteiger partial charge is 0.337 e. The first-order chi connectivity index (χ1) is 9.15. The number of hydrogen-bond acceptors (Lipinski definition) is 3. The molecule has 2 aromatic rings. The molecule has 0 aliphatic rings. The van der Waals surface area contributed by atoms with E-state index in [4.69, 9.17) is 5.26 Å². The van der Waals surface area contributed by atoms with Crippen molar-refractivity contribution in [3.05, 3.63) is 35.0 Å². The summed E-state index contributed by atoms with van der Waals surface area (Å²) in [5.74, 6) is -0.399. The Hall–Kier alpha value is -1.93. The number of rotatable bonds is 4. The number of benzene rings is 1. The summed E-state index contributed by atoms with van der Waals surface area (Å²) in [4.78, 5) is 14.5. The third kappa shape index (κ3) is 2.91. The maximum Gasteiger partial charge on any atom is 0.263 e. The van der Waals surface area contributed by atoms with Crippen LogP contribution in [0.3, 0.4) is 0 Å². The molecular weight excluding hydrogens is 263 g/mol. The molecule has 98 valence electrons. The van der Waals surface area contributed by atoms with E-state index in [1.165, 1.54) is 23.5 Å². The summed E-state index contributed by atoms with van der Waals surface area (Å²) in [6, 6.07) is 8.30. The molecular formula is C14H13FN2OS. The molecule has 3 nitrogen and oxygen atoms in total. The molecule has 1 amide bonds. The van der Waals surface area contributed by atoms with Gasteiger partial charge in [-0.3, -0.25) is 4.79 Å². The molecule has 0 bridgehead atoms. The molecule has 19 heavy (non-hydrogen) atoms. The van der Waals surface area contributed by atoms with Gasteiger partial charge in [-0.05, 0) is 30.5 Å². The van der Waals surface area contributed by atoms with E-state index in [1.54, 1.807) is 17.0 Å². The first-order valence-electron chi connectivity index (χ1n) is 6.01. The Bertz CT molecular complexity index is 644. The van der Waals surface area contributed by atoms with Crippen LogP contribution in [0.25, 0.3) is 10.1 Å². The quantitative estimate of drug-likeness (QED) is 0.859. The van der Waals surface area contributed by atoms with E-state index in [2.05, 4.69) is 0 Å². The summed E-state index contributed by atoms with van der Waals surface area (Å²) in [6.45, 7) is 2.86. The van der Waals surface area contributed by atoms with Crippen LogP contribution in [0.15, 0.2) is 24.3 Å². The minimum absolute atomic E-state index is 0.0978. The van der Waals surface area contributed by atoms with Crippen LogP contribution in [0.1, 0.15) is 23.0 Å². The maximum absolute atomic E-state index is 13.1. The fourth-order valence-corrected chi connectivity index (χ4v) is 2.91. The van der Waals surface area contributed by atoms with E-state index in [0.717, 1.165) is 10.1 Å². The Morgan fingerprint density at radius 1 is 1.47 bits per heavy atom. The molecule has 0 saturated heterocycles. The van der Waals surface area contributed by atoms with Gasteiger partial charge in [0.05, 0.1) is 17.4 Å². The van der Waals surface area contributed by atoms with Gasteiger partial charge < -0.3 is 4.90 Å². The second-order valence-corrected chi connectivity index (χ2v) is 5.17. The monoisotopic (exact) mass is 276 g/mol. The van der Waals surface area contributed by atoms with Crippen LogP contribution in [0.5, 0.6) is 0 Å². The van der Waals surface area contributed by atoms with Crippen molar-refractivity contribution in [3.63, 3.8) is 0 Å². The summed E-state index contributed by atoms with van der Waals surface area (Å²) in [5, 5.41) is 9.45. The number of nitriles is 1. The molecule has 0 unspecified atom stereocenters. The van der Waals surface area contributed by atoms with Crippen molar-refractivity contribution in [1.29, 1.82) is 5.26 Å². The molecule has 0 saturated carbocycles. The number of amides is 1. The van der Waals surface area contributed by atoms with Crippen molar-refractivity contribution in [2.24, 2.45) is 0 Å². The summed E-state index contributed by atoms with van der Waals surface area (Å²) < 4.78 is 13.9. The van der Waals surface area contributed by atoms with E-state index in [0.29, 0.717) is 24.4 Å². The van der Waals surface area contributed by atoms with Crippen molar-refractivity contribution in [2.75, 3.05) is 13.1 Å². The molecule has 5 heteroatoms. The number of thiophene rings is 1. The number of hydrogen-bond donors (Lipinski definition) is 0. The fraction of sp³-hybridized carbons (Fsp3) is 0.286. The molecule has 2 rings (SSSR count). The lowest BCUT2D eigenvalue weighted by Crippen LogP contribution is -2.31. The zero-order chi connectivity index (χ0) is 13.8. The Kier molecular flexibility index (Phi) is 4.13. The third-order valence-electron chi connectivity index (χ3n) is 2.86. The smallest absolute Gasteiger partial charge is 0.263 e. The Morgan fingerprint density at radius 2 is 2.26 bits per heavy atom. The second kappa shape index (κ2) is 5.81. The van der Waals surface area contributed by atoms with Crippen molar-refractivity contribution in [1.82, 2.24) is 4.90 Å². The second-order valence-electron chi connectivity index (χ2n) is 4.09. The van der Waals surface area contributed by atoms with Crippen molar-refractivity contribution in [2.45, 2.75) is 13.3 Å². The van der Waals surface area contributed by atoms with Gasteiger partial charge in [0.1, 0.15) is 5.82 Å². The fourth-order valence-electron chi connectivity index (χ4n) is 1.85. The maximum atomic E-state index is 13.1. The molecule has 0 radical (unpaired) electrons. The van der Waals surface area contributed by atoms with Crippen LogP contribution in [0.4, 0.5) is 4.39 Å². The van der Waals surface area contributed by atoms with Gasteiger partial charge >= 0.3 is 0 Å². The normalized spacial score (nSPS) is 10.4. The number of carbonyl (C=O) groups is 1. The highest BCUT2D eigenvalue weighted by molar-refractivity contribution is 7.20. The van der Waals surface area contributed by atoms with Crippen molar-refractivity contribution >= 4 is 27.3 Å². The predicted molar refractivity (Wildman–Crippen MR) is 73.6 cm³/mol. The summed E-state index contributed by atoms with van der Waals surface area (Å²) in [5.41, 5.74) is 0. The van der Waals surface area contributed by atoms with Crippen LogP contribution >= 0.6 is 11.3 Å². The highest BCUT2D eigenvalue weighted by Crippen LogP contribution is 2.27. The average Bonchev–Trinajstić information content (AvgIpc) is 2.82. The minimum Gasteiger partial charge on any atom is -0.337 e. The molecule has 0 N–H and O–H groups in total. The highest BCUT2D eigenvalue weighted by Gasteiger charge is 2.16. The number of halogens is 1. The van der Waals surface area contributed by atoms with Crippen molar-refractivity contribution in [3.8, 4) is 6.07 Å². The van der Waals surface area contributed by atoms with E-state index < -0.39 is 0 Å². The van der Waals surface area contributed by atoms with Gasteiger partial charge in [0.15, 0.2) is 0 Å². The molecule has 0 spiro atoms. The third-order valence-corrected chi connectivity index (χ3v) is 3.94. The predicted octanol–water partition coefficient (Wildman–Crippen LogP) is 3.42. The van der Waals surface area contributed by atoms with Gasteiger partial charge in [-0.15, -0.1) is 11.3 Å². The molecule has 1 aromatic carbocycles. The first-order valence-corrected chi connectivity index (χ1v) is 6.82. The summed E-state index contributed by atoms with van der Waals surface area (Å²) in [6.07, 6.45) is 0.319. The van der Waals surface area contributed by atoms with Gasteiger partial charge in [-0.25, -0.2) is 4.39 Å². The topological polar surface area (TPSA) is 44.1 Å². The van der Waals surface area contributed by atoms with E-state index in [9.17, 15) is 9.18 Å². The van der Waals surface area contributed by atoms with Crippen LogP contribution < -0.4 is 0 Å².